The first-order chi connectivity index (χ1) is 5.79. The summed E-state index contributed by atoms with van der Waals surface area (Å²) in [5.41, 5.74) is -0.0952. The van der Waals surface area contributed by atoms with Crippen LogP contribution in [0.5, 0.6) is 0 Å². The van der Waals surface area contributed by atoms with Gasteiger partial charge >= 0.3 is 0 Å². The van der Waals surface area contributed by atoms with Crippen molar-refractivity contribution in [1.82, 2.24) is 0 Å². The molecule has 2 rings (SSSR count). The van der Waals surface area contributed by atoms with Crippen LogP contribution in [0.2, 0.25) is 0 Å². The first-order valence-corrected chi connectivity index (χ1v) is 4.93. The normalized spacial score (nSPS) is 34.2. The average Bonchev–Trinajstić information content (AvgIpc) is 2.04. The molecule has 0 aromatic heterocycles. The number of hydrogen-bond acceptors (Lipinski definition) is 2. The highest BCUT2D eigenvalue weighted by Gasteiger charge is 2.36. The first kappa shape index (κ1) is 8.52. The van der Waals surface area contributed by atoms with Crippen LogP contribution in [0.25, 0.3) is 0 Å². The van der Waals surface area contributed by atoms with Crippen molar-refractivity contribution >= 4 is 0 Å². The van der Waals surface area contributed by atoms with Crippen molar-refractivity contribution in [2.75, 3.05) is 6.61 Å². The van der Waals surface area contributed by atoms with Gasteiger partial charge in [-0.3, -0.25) is 0 Å². The summed E-state index contributed by atoms with van der Waals surface area (Å²) in [5, 5.41) is 0. The van der Waals surface area contributed by atoms with Crippen LogP contribution in [-0.2, 0) is 9.47 Å². The van der Waals surface area contributed by atoms with Gasteiger partial charge in [-0.2, -0.15) is 0 Å². The minimum Gasteiger partial charge on any atom is -0.353 e. The fourth-order valence-corrected chi connectivity index (χ4v) is 1.77. The highest BCUT2D eigenvalue weighted by Crippen LogP contribution is 2.36. The molecule has 0 aromatic rings. The van der Waals surface area contributed by atoms with Crippen LogP contribution in [0.3, 0.4) is 0 Å². The summed E-state index contributed by atoms with van der Waals surface area (Å²) in [5.74, 6) is 0. The van der Waals surface area contributed by atoms with Crippen molar-refractivity contribution in [2.45, 2.75) is 50.4 Å². The molecule has 0 N–H and O–H groups in total. The molecule has 1 heterocycles. The second-order valence-electron chi connectivity index (χ2n) is 3.95. The van der Waals surface area contributed by atoms with Crippen molar-refractivity contribution < 1.29 is 9.47 Å². The zero-order valence-electron chi connectivity index (χ0n) is 7.55. The second kappa shape index (κ2) is 3.35. The van der Waals surface area contributed by atoms with E-state index in [0.29, 0.717) is 0 Å². The summed E-state index contributed by atoms with van der Waals surface area (Å²) in [4.78, 5) is 0. The average molecular weight is 169 g/mol. The summed E-state index contributed by atoms with van der Waals surface area (Å²) in [6, 6.07) is 0. The van der Waals surface area contributed by atoms with Crippen LogP contribution in [0.4, 0.5) is 0 Å². The predicted octanol–water partition coefficient (Wildman–Crippen LogP) is 2.29. The Balaban J connectivity index is 1.77. The Morgan fingerprint density at radius 3 is 2.58 bits per heavy atom. The van der Waals surface area contributed by atoms with Crippen LogP contribution in [-0.4, -0.2) is 18.5 Å². The van der Waals surface area contributed by atoms with Crippen molar-refractivity contribution in [2.24, 2.45) is 0 Å². The molecular formula is C10H17O2. The molecule has 0 amide bonds. The largest absolute Gasteiger partial charge is 0.353 e. The monoisotopic (exact) mass is 169 g/mol. The summed E-state index contributed by atoms with van der Waals surface area (Å²) in [7, 11) is 0. The molecule has 1 unspecified atom stereocenters. The van der Waals surface area contributed by atoms with Crippen molar-refractivity contribution in [1.29, 1.82) is 0 Å². The van der Waals surface area contributed by atoms with Crippen LogP contribution in [0.1, 0.15) is 38.5 Å². The molecule has 0 spiro atoms. The van der Waals surface area contributed by atoms with E-state index in [1.165, 1.54) is 19.3 Å². The smallest absolute Gasteiger partial charge is 0.158 e. The fourth-order valence-electron chi connectivity index (χ4n) is 1.77. The molecule has 12 heavy (non-hydrogen) atoms. The van der Waals surface area contributed by atoms with Gasteiger partial charge in [0.15, 0.2) is 6.29 Å². The number of rotatable bonds is 2. The van der Waals surface area contributed by atoms with Crippen LogP contribution in [0, 0.1) is 6.92 Å². The summed E-state index contributed by atoms with van der Waals surface area (Å²) >= 11 is 0. The summed E-state index contributed by atoms with van der Waals surface area (Å²) < 4.78 is 11.3. The van der Waals surface area contributed by atoms with Gasteiger partial charge in [-0.1, -0.05) is 0 Å². The van der Waals surface area contributed by atoms with Crippen LogP contribution >= 0.6 is 0 Å². The Morgan fingerprint density at radius 2 is 2.08 bits per heavy atom. The van der Waals surface area contributed by atoms with Crippen molar-refractivity contribution in [3.05, 3.63) is 6.92 Å². The van der Waals surface area contributed by atoms with Crippen molar-refractivity contribution in [3.63, 3.8) is 0 Å². The first-order valence-electron chi connectivity index (χ1n) is 4.93. The van der Waals surface area contributed by atoms with Gasteiger partial charge in [0.25, 0.3) is 0 Å². The van der Waals surface area contributed by atoms with Crippen LogP contribution < -0.4 is 0 Å². The molecule has 0 bridgehead atoms. The SMILES string of the molecule is [CH2]C1(OC2CCCCO2)CCC1. The van der Waals surface area contributed by atoms with Gasteiger partial charge in [0.1, 0.15) is 0 Å². The number of hydrogen-bond donors (Lipinski definition) is 0. The van der Waals surface area contributed by atoms with E-state index in [4.69, 9.17) is 9.47 Å². The molecule has 1 atom stereocenters. The topological polar surface area (TPSA) is 18.5 Å². The Labute approximate surface area is 74.2 Å². The van der Waals surface area contributed by atoms with Gasteiger partial charge in [-0.15, -0.1) is 0 Å². The molecule has 1 saturated heterocycles. The van der Waals surface area contributed by atoms with E-state index in [9.17, 15) is 0 Å². The molecule has 1 aliphatic heterocycles. The van der Waals surface area contributed by atoms with E-state index in [-0.39, 0.29) is 11.9 Å². The highest BCUT2D eigenvalue weighted by atomic mass is 16.7. The van der Waals surface area contributed by atoms with Gasteiger partial charge in [0, 0.05) is 6.61 Å². The minimum atomic E-state index is -0.0952. The zero-order chi connectivity index (χ0) is 8.44. The second-order valence-corrected chi connectivity index (χ2v) is 3.95. The van der Waals surface area contributed by atoms with Gasteiger partial charge in [0.2, 0.25) is 0 Å². The molecule has 2 aliphatic rings. The van der Waals surface area contributed by atoms with Gasteiger partial charge < -0.3 is 9.47 Å². The molecular weight excluding hydrogens is 152 g/mol. The third-order valence-electron chi connectivity index (χ3n) is 2.78. The molecule has 69 valence electrons. The van der Waals surface area contributed by atoms with Gasteiger partial charge in [0.05, 0.1) is 5.60 Å². The Kier molecular flexibility index (Phi) is 2.37. The Bertz CT molecular complexity index is 146. The van der Waals surface area contributed by atoms with E-state index in [1.54, 1.807) is 0 Å². The van der Waals surface area contributed by atoms with E-state index in [0.717, 1.165) is 25.9 Å². The van der Waals surface area contributed by atoms with E-state index < -0.39 is 0 Å². The Morgan fingerprint density at radius 1 is 1.25 bits per heavy atom. The van der Waals surface area contributed by atoms with E-state index in [2.05, 4.69) is 6.92 Å². The predicted molar refractivity (Wildman–Crippen MR) is 46.6 cm³/mol. The summed E-state index contributed by atoms with van der Waals surface area (Å²) in [6.07, 6.45) is 6.98. The van der Waals surface area contributed by atoms with Crippen molar-refractivity contribution in [3.8, 4) is 0 Å². The lowest BCUT2D eigenvalue weighted by molar-refractivity contribution is -0.230. The Hall–Kier alpha value is -0.0800. The highest BCUT2D eigenvalue weighted by molar-refractivity contribution is 4.92. The van der Waals surface area contributed by atoms with E-state index in [1.807, 2.05) is 0 Å². The third kappa shape index (κ3) is 1.80. The van der Waals surface area contributed by atoms with Gasteiger partial charge in [-0.05, 0) is 45.4 Å². The number of ether oxygens (including phenoxy) is 2. The fraction of sp³-hybridized carbons (Fsp3) is 0.900. The quantitative estimate of drug-likeness (QED) is 0.631. The lowest BCUT2D eigenvalue weighted by Gasteiger charge is -2.41. The maximum absolute atomic E-state index is 5.78. The van der Waals surface area contributed by atoms with E-state index >= 15 is 0 Å². The third-order valence-corrected chi connectivity index (χ3v) is 2.78. The van der Waals surface area contributed by atoms with Crippen LogP contribution in [0.15, 0.2) is 0 Å². The molecule has 1 radical (unpaired) electrons. The molecule has 2 fully saturated rings. The van der Waals surface area contributed by atoms with Gasteiger partial charge in [-0.25, -0.2) is 0 Å². The summed E-state index contributed by atoms with van der Waals surface area (Å²) in [6.45, 7) is 4.93. The molecule has 1 saturated carbocycles. The maximum Gasteiger partial charge on any atom is 0.158 e. The zero-order valence-corrected chi connectivity index (χ0v) is 7.55. The standard InChI is InChI=1S/C10H17O2/c1-10(6-4-7-10)12-9-5-2-3-8-11-9/h9H,1-8H2. The maximum atomic E-state index is 5.78. The lowest BCUT2D eigenvalue weighted by atomic mass is 9.82. The molecule has 2 heteroatoms. The lowest BCUT2D eigenvalue weighted by Crippen LogP contribution is -2.42. The minimum absolute atomic E-state index is 0.0385. The molecule has 1 aliphatic carbocycles. The molecule has 2 nitrogen and oxygen atoms in total. The molecule has 0 aromatic carbocycles.